The molecule has 4 nitrogen and oxygen atoms in total. The van der Waals surface area contributed by atoms with E-state index < -0.39 is 15.6 Å². The second-order valence-corrected chi connectivity index (χ2v) is 8.17. The highest BCUT2D eigenvalue weighted by atomic mass is 32.2. The molecule has 0 aromatic heterocycles. The number of aliphatic imine (C=N–C) groups is 1. The van der Waals surface area contributed by atoms with E-state index >= 15 is 0 Å². The molecule has 0 aliphatic carbocycles. The molecule has 0 radical (unpaired) electrons. The molecule has 3 rings (SSSR count). The van der Waals surface area contributed by atoms with Gasteiger partial charge in [0.15, 0.2) is 15.6 Å². The molecule has 6 heteroatoms. The van der Waals surface area contributed by atoms with E-state index in [1.54, 1.807) is 30.3 Å². The zero-order chi connectivity index (χ0) is 18.2. The SMILES string of the molecule is C.CCC1(CC)N=C(c2ccc(F)cc2)c2ccc(S(C)(=O)=O)cc2O1. The van der Waals surface area contributed by atoms with Crippen LogP contribution < -0.4 is 4.74 Å². The van der Waals surface area contributed by atoms with Crippen LogP contribution in [0, 0.1) is 5.82 Å². The first-order valence-corrected chi connectivity index (χ1v) is 10.1. The molecule has 2 aromatic rings. The molecule has 0 saturated carbocycles. The van der Waals surface area contributed by atoms with Gasteiger partial charge in [-0.1, -0.05) is 21.3 Å². The van der Waals surface area contributed by atoms with E-state index in [-0.39, 0.29) is 18.1 Å². The van der Waals surface area contributed by atoms with Gasteiger partial charge in [-0.2, -0.15) is 0 Å². The van der Waals surface area contributed by atoms with Crippen LogP contribution in [-0.4, -0.2) is 26.1 Å². The number of fused-ring (bicyclic) bond motifs is 1. The van der Waals surface area contributed by atoms with Crippen molar-refractivity contribution >= 4 is 15.5 Å². The predicted molar refractivity (Wildman–Crippen MR) is 102 cm³/mol. The fourth-order valence-electron chi connectivity index (χ4n) is 2.89. The van der Waals surface area contributed by atoms with Crippen LogP contribution in [0.1, 0.15) is 45.2 Å². The lowest BCUT2D eigenvalue weighted by Gasteiger charge is -2.35. The van der Waals surface area contributed by atoms with E-state index in [0.29, 0.717) is 29.9 Å². The Kier molecular flexibility index (Phi) is 5.56. The third-order valence-corrected chi connectivity index (χ3v) is 5.58. The zero-order valence-corrected chi connectivity index (χ0v) is 15.2. The summed E-state index contributed by atoms with van der Waals surface area (Å²) in [5.41, 5.74) is 1.40. The first kappa shape index (κ1) is 20.1. The normalized spacial score (nSPS) is 15.3. The highest BCUT2D eigenvalue weighted by molar-refractivity contribution is 7.90. The Labute approximate surface area is 154 Å². The predicted octanol–water partition coefficient (Wildman–Crippen LogP) is 4.61. The third kappa shape index (κ3) is 3.65. The molecule has 26 heavy (non-hydrogen) atoms. The summed E-state index contributed by atoms with van der Waals surface area (Å²) in [4.78, 5) is 5.01. The number of nitrogens with zero attached hydrogens (tertiary/aromatic N) is 1. The number of rotatable bonds is 4. The number of halogens is 1. The Morgan fingerprint density at radius 2 is 1.69 bits per heavy atom. The molecule has 1 aliphatic rings. The Morgan fingerprint density at radius 1 is 1.08 bits per heavy atom. The quantitative estimate of drug-likeness (QED) is 0.782. The van der Waals surface area contributed by atoms with Crippen LogP contribution >= 0.6 is 0 Å². The van der Waals surface area contributed by atoms with Crippen molar-refractivity contribution in [1.29, 1.82) is 0 Å². The van der Waals surface area contributed by atoms with Gasteiger partial charge in [-0.25, -0.2) is 17.8 Å². The highest BCUT2D eigenvalue weighted by Crippen LogP contribution is 2.37. The summed E-state index contributed by atoms with van der Waals surface area (Å²) in [7, 11) is -3.34. The van der Waals surface area contributed by atoms with E-state index in [1.165, 1.54) is 18.4 Å². The fourth-order valence-corrected chi connectivity index (χ4v) is 3.52. The molecule has 0 spiro atoms. The van der Waals surface area contributed by atoms with Crippen molar-refractivity contribution in [3.8, 4) is 5.75 Å². The maximum Gasteiger partial charge on any atom is 0.200 e. The lowest BCUT2D eigenvalue weighted by Crippen LogP contribution is -2.37. The average Bonchev–Trinajstić information content (AvgIpc) is 2.60. The molecular formula is C20H24FNO3S. The molecule has 2 aromatic carbocycles. The summed E-state index contributed by atoms with van der Waals surface area (Å²) < 4.78 is 43.2. The second-order valence-electron chi connectivity index (χ2n) is 6.15. The first-order chi connectivity index (χ1) is 11.8. The Balaban J connectivity index is 0.00000243. The Hall–Kier alpha value is -2.21. The van der Waals surface area contributed by atoms with Crippen LogP contribution in [0.25, 0.3) is 0 Å². The average molecular weight is 377 g/mol. The molecule has 0 N–H and O–H groups in total. The molecule has 1 heterocycles. The Morgan fingerprint density at radius 3 is 2.23 bits per heavy atom. The van der Waals surface area contributed by atoms with Gasteiger partial charge in [0, 0.05) is 30.2 Å². The number of ether oxygens (including phenoxy) is 1. The van der Waals surface area contributed by atoms with Crippen LogP contribution in [0.2, 0.25) is 0 Å². The minimum absolute atomic E-state index is 0. The topological polar surface area (TPSA) is 55.7 Å². The van der Waals surface area contributed by atoms with Crippen LogP contribution in [0.4, 0.5) is 4.39 Å². The second kappa shape index (κ2) is 7.19. The van der Waals surface area contributed by atoms with Crippen molar-refractivity contribution in [2.45, 2.75) is 44.7 Å². The van der Waals surface area contributed by atoms with Gasteiger partial charge in [-0.05, 0) is 42.5 Å². The lowest BCUT2D eigenvalue weighted by atomic mass is 9.97. The number of sulfone groups is 1. The molecule has 1 aliphatic heterocycles. The lowest BCUT2D eigenvalue weighted by molar-refractivity contribution is 0.0656. The summed E-state index contributed by atoms with van der Waals surface area (Å²) in [6, 6.07) is 10.9. The zero-order valence-electron chi connectivity index (χ0n) is 14.4. The summed E-state index contributed by atoms with van der Waals surface area (Å²) in [6.07, 6.45) is 2.44. The molecule has 0 bridgehead atoms. The molecule has 140 valence electrons. The van der Waals surface area contributed by atoms with Crippen molar-refractivity contribution in [1.82, 2.24) is 0 Å². The fraction of sp³-hybridized carbons (Fsp3) is 0.350. The van der Waals surface area contributed by atoms with E-state index in [0.717, 1.165) is 5.56 Å². The van der Waals surface area contributed by atoms with Crippen LogP contribution in [0.15, 0.2) is 52.4 Å². The van der Waals surface area contributed by atoms with Gasteiger partial charge in [0.1, 0.15) is 11.6 Å². The van der Waals surface area contributed by atoms with Gasteiger partial charge in [0.25, 0.3) is 0 Å². The molecule has 0 saturated heterocycles. The van der Waals surface area contributed by atoms with Gasteiger partial charge in [-0.3, -0.25) is 0 Å². The third-order valence-electron chi connectivity index (χ3n) is 4.47. The van der Waals surface area contributed by atoms with Gasteiger partial charge < -0.3 is 4.74 Å². The van der Waals surface area contributed by atoms with Gasteiger partial charge >= 0.3 is 0 Å². The molecule has 0 atom stereocenters. The number of benzene rings is 2. The van der Waals surface area contributed by atoms with E-state index in [9.17, 15) is 12.8 Å². The highest BCUT2D eigenvalue weighted by Gasteiger charge is 2.35. The van der Waals surface area contributed by atoms with Crippen molar-refractivity contribution in [3.05, 3.63) is 59.4 Å². The molecule has 0 amide bonds. The van der Waals surface area contributed by atoms with Crippen LogP contribution in [0.5, 0.6) is 5.75 Å². The van der Waals surface area contributed by atoms with Crippen LogP contribution in [-0.2, 0) is 9.84 Å². The van der Waals surface area contributed by atoms with E-state index in [4.69, 9.17) is 9.73 Å². The summed E-state index contributed by atoms with van der Waals surface area (Å²) in [5.74, 6) is 0.169. The summed E-state index contributed by atoms with van der Waals surface area (Å²) >= 11 is 0. The van der Waals surface area contributed by atoms with Crippen molar-refractivity contribution in [3.63, 3.8) is 0 Å². The monoisotopic (exact) mass is 377 g/mol. The minimum Gasteiger partial charge on any atom is -0.465 e. The van der Waals surface area contributed by atoms with Crippen molar-refractivity contribution < 1.29 is 17.5 Å². The van der Waals surface area contributed by atoms with E-state index in [2.05, 4.69) is 0 Å². The van der Waals surface area contributed by atoms with Gasteiger partial charge in [0.2, 0.25) is 0 Å². The maximum absolute atomic E-state index is 13.3. The van der Waals surface area contributed by atoms with Gasteiger partial charge in [-0.15, -0.1) is 0 Å². The summed E-state index contributed by atoms with van der Waals surface area (Å²) in [5, 5.41) is 0. The molecule has 0 fully saturated rings. The number of hydrogen-bond acceptors (Lipinski definition) is 4. The maximum atomic E-state index is 13.3. The number of hydrogen-bond donors (Lipinski definition) is 0. The smallest absolute Gasteiger partial charge is 0.200 e. The largest absolute Gasteiger partial charge is 0.465 e. The standard InChI is InChI=1S/C19H20FNO3S.CH4/c1-4-19(5-2)21-18(13-6-8-14(20)9-7-13)16-11-10-15(25(3,22)23)12-17(16)24-19;/h6-12H,4-5H2,1-3H3;1H4. The minimum atomic E-state index is -3.34. The van der Waals surface area contributed by atoms with Gasteiger partial charge in [0.05, 0.1) is 10.6 Å². The van der Waals surface area contributed by atoms with E-state index in [1.807, 2.05) is 13.8 Å². The van der Waals surface area contributed by atoms with Crippen molar-refractivity contribution in [2.75, 3.05) is 6.26 Å². The first-order valence-electron chi connectivity index (χ1n) is 8.17. The van der Waals surface area contributed by atoms with Crippen molar-refractivity contribution in [2.24, 2.45) is 4.99 Å². The molecular weight excluding hydrogens is 353 g/mol. The molecule has 0 unspecified atom stereocenters. The summed E-state index contributed by atoms with van der Waals surface area (Å²) in [6.45, 7) is 3.95. The van der Waals surface area contributed by atoms with Crippen LogP contribution in [0.3, 0.4) is 0 Å². The Bertz CT molecular complexity index is 930.